The van der Waals surface area contributed by atoms with Crippen LogP contribution in [-0.2, 0) is 51.2 Å². The van der Waals surface area contributed by atoms with Crippen molar-refractivity contribution in [3.8, 4) is 0 Å². The third-order valence-electron chi connectivity index (χ3n) is 7.75. The van der Waals surface area contributed by atoms with Crippen LogP contribution in [0.25, 0.3) is 0 Å². The van der Waals surface area contributed by atoms with E-state index in [4.69, 9.17) is 28.0 Å². The van der Waals surface area contributed by atoms with Gasteiger partial charge in [-0.1, -0.05) is 78.4 Å². The summed E-state index contributed by atoms with van der Waals surface area (Å²) >= 11 is 0. The largest absolute Gasteiger partial charge is 0.368 e. The highest BCUT2D eigenvalue weighted by Crippen LogP contribution is 2.43. The van der Waals surface area contributed by atoms with Crippen molar-refractivity contribution in [2.45, 2.75) is 87.8 Å². The molecule has 0 amide bonds. The predicted octanol–water partition coefficient (Wildman–Crippen LogP) is 4.74. The number of aryl methyl sites for hydroxylation is 1. The number of benzene rings is 3. The second kappa shape index (κ2) is 12.1. The minimum absolute atomic E-state index is 0.113. The fourth-order valence-electron chi connectivity index (χ4n) is 5.72. The zero-order chi connectivity index (χ0) is 29.3. The quantitative estimate of drug-likeness (QED) is 0.308. The van der Waals surface area contributed by atoms with Gasteiger partial charge in [0.2, 0.25) is 0 Å². The molecule has 0 saturated carbocycles. The molecule has 3 aromatic rings. The Morgan fingerprint density at radius 2 is 1.55 bits per heavy atom. The van der Waals surface area contributed by atoms with E-state index in [1.54, 1.807) is 24.3 Å². The van der Waals surface area contributed by atoms with Gasteiger partial charge in [0.1, 0.15) is 24.4 Å². The summed E-state index contributed by atoms with van der Waals surface area (Å²) < 4.78 is 56.6. The Labute approximate surface area is 247 Å². The van der Waals surface area contributed by atoms with Crippen molar-refractivity contribution in [1.29, 1.82) is 0 Å². The van der Waals surface area contributed by atoms with E-state index in [1.165, 1.54) is 0 Å². The number of hydrogen-bond acceptors (Lipinski definition) is 9. The molecule has 0 aliphatic carbocycles. The Kier molecular flexibility index (Phi) is 8.50. The van der Waals surface area contributed by atoms with E-state index in [0.29, 0.717) is 19.6 Å². The summed E-state index contributed by atoms with van der Waals surface area (Å²) in [6.45, 7) is 6.35. The van der Waals surface area contributed by atoms with Crippen molar-refractivity contribution in [2.24, 2.45) is 0 Å². The highest BCUT2D eigenvalue weighted by molar-refractivity contribution is 7.86. The van der Waals surface area contributed by atoms with Crippen molar-refractivity contribution >= 4 is 10.1 Å². The summed E-state index contributed by atoms with van der Waals surface area (Å²) in [6.07, 6.45) is -1.97. The standard InChI is InChI=1S/C32H37NO8S/c1-22-14-16-26(17-15-22)42(34,35)37-21-25-18-27(33(41-25)19-23-10-6-4-7-11-23)28-29(36-20-24-12-8-5-9-13-24)30-31(38-28)40-32(2,3)39-30/h4-17,25,27-31H,18-21H2,1-3H3/t25-,27+,28+,29-,30+,31+/m0/s1. The van der Waals surface area contributed by atoms with Crippen LogP contribution in [0.4, 0.5) is 0 Å². The van der Waals surface area contributed by atoms with Gasteiger partial charge in [-0.25, -0.2) is 0 Å². The van der Waals surface area contributed by atoms with E-state index in [2.05, 4.69) is 0 Å². The molecule has 0 spiro atoms. The zero-order valence-electron chi connectivity index (χ0n) is 24.0. The Balaban J connectivity index is 1.22. The Morgan fingerprint density at radius 1 is 0.881 bits per heavy atom. The number of nitrogens with zero attached hydrogens (tertiary/aromatic N) is 1. The van der Waals surface area contributed by atoms with Crippen molar-refractivity contribution in [1.82, 2.24) is 5.06 Å². The highest BCUT2D eigenvalue weighted by atomic mass is 32.2. The number of hydrogen-bond donors (Lipinski definition) is 0. The smallest absolute Gasteiger partial charge is 0.297 e. The van der Waals surface area contributed by atoms with Crippen LogP contribution < -0.4 is 0 Å². The van der Waals surface area contributed by atoms with Gasteiger partial charge in [0.15, 0.2) is 12.1 Å². The number of rotatable bonds is 10. The van der Waals surface area contributed by atoms with Crippen LogP contribution in [0.1, 0.15) is 37.0 Å². The minimum atomic E-state index is -3.95. The molecule has 6 rings (SSSR count). The van der Waals surface area contributed by atoms with E-state index in [-0.39, 0.29) is 17.5 Å². The number of fused-ring (bicyclic) bond motifs is 1. The van der Waals surface area contributed by atoms with E-state index in [1.807, 2.05) is 86.5 Å². The lowest BCUT2D eigenvalue weighted by atomic mass is 9.98. The van der Waals surface area contributed by atoms with Crippen molar-refractivity contribution < 1.29 is 36.4 Å². The van der Waals surface area contributed by atoms with Gasteiger partial charge in [-0.2, -0.15) is 13.5 Å². The second-order valence-corrected chi connectivity index (χ2v) is 13.1. The first-order valence-corrected chi connectivity index (χ1v) is 15.7. The topological polar surface area (TPSA) is 92.8 Å². The van der Waals surface area contributed by atoms with E-state index in [9.17, 15) is 8.42 Å². The molecule has 42 heavy (non-hydrogen) atoms. The molecule has 3 aliphatic rings. The van der Waals surface area contributed by atoms with Crippen LogP contribution in [0, 0.1) is 6.92 Å². The molecule has 3 fully saturated rings. The minimum Gasteiger partial charge on any atom is -0.368 e. The summed E-state index contributed by atoms with van der Waals surface area (Å²) in [5.41, 5.74) is 3.05. The maximum absolute atomic E-state index is 12.9. The van der Waals surface area contributed by atoms with Gasteiger partial charge in [-0.3, -0.25) is 9.02 Å². The maximum atomic E-state index is 12.9. The third-order valence-corrected chi connectivity index (χ3v) is 9.05. The highest BCUT2D eigenvalue weighted by Gasteiger charge is 2.59. The first-order chi connectivity index (χ1) is 20.2. The van der Waals surface area contributed by atoms with Gasteiger partial charge in [-0.15, -0.1) is 0 Å². The van der Waals surface area contributed by atoms with Crippen LogP contribution >= 0.6 is 0 Å². The van der Waals surface area contributed by atoms with Crippen LogP contribution in [-0.4, -0.2) is 62.6 Å². The fraction of sp³-hybridized carbons (Fsp3) is 0.438. The summed E-state index contributed by atoms with van der Waals surface area (Å²) in [5.74, 6) is -0.800. The Morgan fingerprint density at radius 3 is 2.24 bits per heavy atom. The fourth-order valence-corrected chi connectivity index (χ4v) is 6.66. The Hall–Kier alpha value is -2.67. The molecule has 3 heterocycles. The molecule has 3 saturated heterocycles. The molecule has 0 aromatic heterocycles. The monoisotopic (exact) mass is 595 g/mol. The maximum Gasteiger partial charge on any atom is 0.297 e. The molecular formula is C32H37NO8S. The van der Waals surface area contributed by atoms with E-state index >= 15 is 0 Å². The predicted molar refractivity (Wildman–Crippen MR) is 153 cm³/mol. The van der Waals surface area contributed by atoms with Crippen LogP contribution in [0.2, 0.25) is 0 Å². The molecule has 0 N–H and O–H groups in total. The average Bonchev–Trinajstić information content (AvgIpc) is 3.61. The lowest BCUT2D eigenvalue weighted by Gasteiger charge is -2.32. The van der Waals surface area contributed by atoms with Gasteiger partial charge in [0.05, 0.1) is 24.2 Å². The van der Waals surface area contributed by atoms with Gasteiger partial charge in [0.25, 0.3) is 10.1 Å². The summed E-state index contributed by atoms with van der Waals surface area (Å²) in [7, 11) is -3.95. The summed E-state index contributed by atoms with van der Waals surface area (Å²) in [5, 5.41) is 1.86. The first kappa shape index (κ1) is 29.4. The third kappa shape index (κ3) is 6.61. The average molecular weight is 596 g/mol. The lowest BCUT2D eigenvalue weighted by molar-refractivity contribution is -0.242. The molecule has 3 aliphatic heterocycles. The number of hydroxylamine groups is 2. The van der Waals surface area contributed by atoms with E-state index < -0.39 is 46.6 Å². The van der Waals surface area contributed by atoms with Crippen molar-refractivity contribution in [3.63, 3.8) is 0 Å². The van der Waals surface area contributed by atoms with Crippen LogP contribution in [0.5, 0.6) is 0 Å². The zero-order valence-corrected chi connectivity index (χ0v) is 24.8. The number of ether oxygens (including phenoxy) is 4. The molecule has 0 bridgehead atoms. The summed E-state index contributed by atoms with van der Waals surface area (Å²) in [4.78, 5) is 6.45. The van der Waals surface area contributed by atoms with Gasteiger partial charge < -0.3 is 18.9 Å². The molecule has 6 atom stereocenters. The molecule has 0 unspecified atom stereocenters. The lowest BCUT2D eigenvalue weighted by Crippen LogP contribution is -2.47. The first-order valence-electron chi connectivity index (χ1n) is 14.3. The SMILES string of the molecule is Cc1ccc(S(=O)(=O)OC[C@@H]2C[C@H]([C@H]3O[C@@H]4OC(C)(C)O[C@@H]4[C@H]3OCc3ccccc3)N(Cc3ccccc3)O2)cc1. The van der Waals surface area contributed by atoms with Crippen molar-refractivity contribution in [2.75, 3.05) is 6.61 Å². The molecule has 10 heteroatoms. The molecule has 9 nitrogen and oxygen atoms in total. The van der Waals surface area contributed by atoms with Crippen LogP contribution in [0.15, 0.2) is 89.8 Å². The van der Waals surface area contributed by atoms with Gasteiger partial charge >= 0.3 is 0 Å². The molecule has 224 valence electrons. The van der Waals surface area contributed by atoms with E-state index in [0.717, 1.165) is 16.7 Å². The van der Waals surface area contributed by atoms with Gasteiger partial charge in [0, 0.05) is 6.54 Å². The molecular weight excluding hydrogens is 558 g/mol. The molecule has 0 radical (unpaired) electrons. The summed E-state index contributed by atoms with van der Waals surface area (Å²) in [6, 6.07) is 26.2. The normalized spacial score (nSPS) is 29.1. The van der Waals surface area contributed by atoms with Crippen LogP contribution in [0.3, 0.4) is 0 Å². The Bertz CT molecular complexity index is 1430. The molecule has 3 aromatic carbocycles. The second-order valence-electron chi connectivity index (χ2n) is 11.5. The van der Waals surface area contributed by atoms with Crippen molar-refractivity contribution in [3.05, 3.63) is 102 Å². The van der Waals surface area contributed by atoms with Gasteiger partial charge in [-0.05, 0) is 50.5 Å².